The molecule has 1 aliphatic rings. The first kappa shape index (κ1) is 23.4. The van der Waals surface area contributed by atoms with E-state index >= 15 is 0 Å². The highest BCUT2D eigenvalue weighted by atomic mass is 35.5. The molecule has 1 fully saturated rings. The standard InChI is InChI=1S/C19H28ClN3O3.ClH/c1-19(2,3)18(25)22-10-12-6-5-7-23(11-12)17(24)13-8-14(20)15(21)9-16(13)26-4;/h8-9,12H,5-7,10-11,21H2,1-4H3,(H,22,25);1H. The number of halogens is 2. The van der Waals surface area contributed by atoms with Crippen molar-refractivity contribution in [3.05, 3.63) is 22.7 Å². The molecule has 2 amide bonds. The van der Waals surface area contributed by atoms with Gasteiger partial charge in [-0.05, 0) is 24.8 Å². The van der Waals surface area contributed by atoms with Crippen molar-refractivity contribution in [1.82, 2.24) is 10.2 Å². The van der Waals surface area contributed by atoms with Crippen LogP contribution in [0.1, 0.15) is 44.0 Å². The maximum absolute atomic E-state index is 12.9. The molecule has 0 aliphatic carbocycles. The predicted octanol–water partition coefficient (Wildman–Crippen LogP) is 3.37. The van der Waals surface area contributed by atoms with Crippen molar-refractivity contribution in [2.45, 2.75) is 33.6 Å². The summed E-state index contributed by atoms with van der Waals surface area (Å²) in [5, 5.41) is 3.32. The number of benzene rings is 1. The minimum absolute atomic E-state index is 0. The van der Waals surface area contributed by atoms with E-state index in [-0.39, 0.29) is 30.1 Å². The van der Waals surface area contributed by atoms with E-state index in [1.165, 1.54) is 7.11 Å². The van der Waals surface area contributed by atoms with Crippen molar-refractivity contribution in [2.75, 3.05) is 32.5 Å². The number of likely N-dealkylation sites (tertiary alicyclic amines) is 1. The Hall–Kier alpha value is -1.66. The number of anilines is 1. The third kappa shape index (κ3) is 5.91. The van der Waals surface area contributed by atoms with Gasteiger partial charge < -0.3 is 20.7 Å². The average molecular weight is 418 g/mol. The van der Waals surface area contributed by atoms with Gasteiger partial charge in [0, 0.05) is 31.1 Å². The van der Waals surface area contributed by atoms with Gasteiger partial charge in [-0.25, -0.2) is 0 Å². The zero-order chi connectivity index (χ0) is 19.5. The maximum atomic E-state index is 12.9. The Bertz CT molecular complexity index is 690. The van der Waals surface area contributed by atoms with Gasteiger partial charge in [-0.15, -0.1) is 12.4 Å². The summed E-state index contributed by atoms with van der Waals surface area (Å²) in [5.41, 5.74) is 6.16. The second-order valence-electron chi connectivity index (χ2n) is 7.79. The average Bonchev–Trinajstić information content (AvgIpc) is 2.60. The lowest BCUT2D eigenvalue weighted by Gasteiger charge is -2.33. The number of nitrogen functional groups attached to an aromatic ring is 1. The zero-order valence-corrected chi connectivity index (χ0v) is 17.9. The van der Waals surface area contributed by atoms with Crippen LogP contribution in [0.4, 0.5) is 5.69 Å². The summed E-state index contributed by atoms with van der Waals surface area (Å²) in [6.07, 6.45) is 1.88. The van der Waals surface area contributed by atoms with Gasteiger partial charge in [-0.3, -0.25) is 9.59 Å². The van der Waals surface area contributed by atoms with Crippen LogP contribution in [0.5, 0.6) is 5.75 Å². The fraction of sp³-hybridized carbons (Fsp3) is 0.579. The molecule has 1 aromatic rings. The number of ether oxygens (including phenoxy) is 1. The van der Waals surface area contributed by atoms with Crippen molar-refractivity contribution in [2.24, 2.45) is 11.3 Å². The monoisotopic (exact) mass is 417 g/mol. The number of carbonyl (C=O) groups excluding carboxylic acids is 2. The summed E-state index contributed by atoms with van der Waals surface area (Å²) < 4.78 is 5.29. The van der Waals surface area contributed by atoms with Gasteiger partial charge in [0.2, 0.25) is 5.91 Å². The number of nitrogens with one attached hydrogen (secondary N) is 1. The molecular weight excluding hydrogens is 389 g/mol. The van der Waals surface area contributed by atoms with E-state index in [1.807, 2.05) is 20.8 Å². The van der Waals surface area contributed by atoms with Crippen molar-refractivity contribution < 1.29 is 14.3 Å². The van der Waals surface area contributed by atoms with E-state index in [0.29, 0.717) is 41.7 Å². The Morgan fingerprint density at radius 1 is 1.37 bits per heavy atom. The van der Waals surface area contributed by atoms with Crippen molar-refractivity contribution in [3.63, 3.8) is 0 Å². The molecule has 0 saturated carbocycles. The van der Waals surface area contributed by atoms with Gasteiger partial charge in [0.25, 0.3) is 5.91 Å². The van der Waals surface area contributed by atoms with E-state index < -0.39 is 5.41 Å². The number of nitrogens with zero attached hydrogens (tertiary/aromatic N) is 1. The molecule has 2 rings (SSSR count). The largest absolute Gasteiger partial charge is 0.496 e. The number of carbonyl (C=O) groups is 2. The Morgan fingerprint density at radius 3 is 2.63 bits per heavy atom. The Labute approximate surface area is 172 Å². The zero-order valence-electron chi connectivity index (χ0n) is 16.3. The topological polar surface area (TPSA) is 84.7 Å². The summed E-state index contributed by atoms with van der Waals surface area (Å²) in [6.45, 7) is 7.49. The minimum Gasteiger partial charge on any atom is -0.496 e. The molecule has 6 nitrogen and oxygen atoms in total. The van der Waals surface area contributed by atoms with E-state index in [0.717, 1.165) is 12.8 Å². The molecule has 0 radical (unpaired) electrons. The van der Waals surface area contributed by atoms with Crippen LogP contribution < -0.4 is 15.8 Å². The number of amides is 2. The van der Waals surface area contributed by atoms with Gasteiger partial charge in [0.1, 0.15) is 5.75 Å². The predicted molar refractivity (Wildman–Crippen MR) is 111 cm³/mol. The SMILES string of the molecule is COc1cc(N)c(Cl)cc1C(=O)N1CCCC(CNC(=O)C(C)(C)C)C1.Cl. The molecule has 1 aliphatic heterocycles. The number of hydrogen-bond acceptors (Lipinski definition) is 4. The van der Waals surface area contributed by atoms with Crippen LogP contribution in [0.15, 0.2) is 12.1 Å². The number of rotatable bonds is 4. The smallest absolute Gasteiger partial charge is 0.257 e. The third-order valence-corrected chi connectivity index (χ3v) is 4.92. The van der Waals surface area contributed by atoms with E-state index in [4.69, 9.17) is 22.1 Å². The van der Waals surface area contributed by atoms with Crippen LogP contribution in [0.25, 0.3) is 0 Å². The Kier molecular flexibility index (Phi) is 8.23. The lowest BCUT2D eigenvalue weighted by Crippen LogP contribution is -2.45. The normalized spacial score (nSPS) is 17.1. The fourth-order valence-electron chi connectivity index (χ4n) is 2.99. The first-order chi connectivity index (χ1) is 12.1. The van der Waals surface area contributed by atoms with Gasteiger partial charge in [0.15, 0.2) is 0 Å². The minimum atomic E-state index is -0.418. The molecule has 1 unspecified atom stereocenters. The molecule has 0 aromatic heterocycles. The van der Waals surface area contributed by atoms with Gasteiger partial charge in [-0.2, -0.15) is 0 Å². The number of methoxy groups -OCH3 is 1. The molecule has 8 heteroatoms. The summed E-state index contributed by atoms with van der Waals surface area (Å²) in [7, 11) is 1.50. The van der Waals surface area contributed by atoms with Gasteiger partial charge in [0.05, 0.1) is 23.4 Å². The molecule has 0 bridgehead atoms. The molecule has 1 heterocycles. The Morgan fingerprint density at radius 2 is 2.04 bits per heavy atom. The summed E-state index contributed by atoms with van der Waals surface area (Å²) in [5.74, 6) is 0.540. The van der Waals surface area contributed by atoms with E-state index in [9.17, 15) is 9.59 Å². The first-order valence-electron chi connectivity index (χ1n) is 8.84. The van der Waals surface area contributed by atoms with Gasteiger partial charge >= 0.3 is 0 Å². The second kappa shape index (κ2) is 9.51. The van der Waals surface area contributed by atoms with Crippen LogP contribution in [0.2, 0.25) is 5.02 Å². The number of hydrogen-bond donors (Lipinski definition) is 2. The molecule has 3 N–H and O–H groups in total. The maximum Gasteiger partial charge on any atom is 0.257 e. The molecule has 27 heavy (non-hydrogen) atoms. The molecule has 152 valence electrons. The Balaban J connectivity index is 0.00000364. The number of piperidine rings is 1. The second-order valence-corrected chi connectivity index (χ2v) is 8.20. The van der Waals surface area contributed by atoms with Crippen LogP contribution in [-0.4, -0.2) is 43.5 Å². The van der Waals surface area contributed by atoms with E-state index in [1.54, 1.807) is 17.0 Å². The van der Waals surface area contributed by atoms with Crippen LogP contribution in [0, 0.1) is 11.3 Å². The van der Waals surface area contributed by atoms with Crippen molar-refractivity contribution in [3.8, 4) is 5.75 Å². The molecule has 1 atom stereocenters. The van der Waals surface area contributed by atoms with Crippen LogP contribution in [-0.2, 0) is 4.79 Å². The molecule has 0 spiro atoms. The van der Waals surface area contributed by atoms with E-state index in [2.05, 4.69) is 5.32 Å². The van der Waals surface area contributed by atoms with Crippen molar-refractivity contribution >= 4 is 41.5 Å². The lowest BCUT2D eigenvalue weighted by molar-refractivity contribution is -0.128. The lowest BCUT2D eigenvalue weighted by atomic mass is 9.93. The summed E-state index contributed by atoms with van der Waals surface area (Å²) in [6, 6.07) is 3.13. The van der Waals surface area contributed by atoms with Crippen LogP contribution in [0.3, 0.4) is 0 Å². The van der Waals surface area contributed by atoms with Gasteiger partial charge in [-0.1, -0.05) is 32.4 Å². The highest BCUT2D eigenvalue weighted by Gasteiger charge is 2.28. The fourth-order valence-corrected chi connectivity index (χ4v) is 3.16. The summed E-state index contributed by atoms with van der Waals surface area (Å²) in [4.78, 5) is 26.8. The molecule has 1 saturated heterocycles. The number of nitrogens with two attached hydrogens (primary N) is 1. The highest BCUT2D eigenvalue weighted by molar-refractivity contribution is 6.33. The van der Waals surface area contributed by atoms with Crippen molar-refractivity contribution in [1.29, 1.82) is 0 Å². The quantitative estimate of drug-likeness (QED) is 0.735. The first-order valence-corrected chi connectivity index (χ1v) is 9.22. The highest BCUT2D eigenvalue weighted by Crippen LogP contribution is 2.30. The molecule has 1 aromatic carbocycles. The third-order valence-electron chi connectivity index (χ3n) is 4.59. The molecular formula is C19H29Cl2N3O3. The van der Waals surface area contributed by atoms with Crippen LogP contribution >= 0.6 is 24.0 Å². The summed E-state index contributed by atoms with van der Waals surface area (Å²) >= 11 is 6.08.